The Labute approximate surface area is 136 Å². The van der Waals surface area contributed by atoms with Crippen LogP contribution in [-0.2, 0) is 6.54 Å². The summed E-state index contributed by atoms with van der Waals surface area (Å²) in [4.78, 5) is 12.0. The fourth-order valence-electron chi connectivity index (χ4n) is 3.14. The second kappa shape index (κ2) is 6.87. The minimum atomic E-state index is -0.434. The van der Waals surface area contributed by atoms with E-state index in [2.05, 4.69) is 0 Å². The van der Waals surface area contributed by atoms with Gasteiger partial charge in [-0.1, -0.05) is 6.07 Å². The van der Waals surface area contributed by atoms with Crippen molar-refractivity contribution in [3.05, 3.63) is 40.7 Å². The molecule has 23 heavy (non-hydrogen) atoms. The number of aromatic nitrogens is 1. The molecule has 0 unspecified atom stereocenters. The zero-order chi connectivity index (χ0) is 17.1. The molecule has 2 aromatic rings. The molecule has 0 aliphatic heterocycles. The van der Waals surface area contributed by atoms with E-state index in [4.69, 9.17) is 15.6 Å². The van der Waals surface area contributed by atoms with Gasteiger partial charge in [0.05, 0.1) is 12.7 Å². The number of hydrogen-bond acceptors (Lipinski definition) is 3. The van der Waals surface area contributed by atoms with Gasteiger partial charge in [-0.15, -0.1) is 0 Å². The fourth-order valence-corrected chi connectivity index (χ4v) is 3.14. The van der Waals surface area contributed by atoms with Crippen molar-refractivity contribution in [1.82, 2.24) is 4.57 Å². The Bertz CT molecular complexity index is 732. The van der Waals surface area contributed by atoms with Gasteiger partial charge in [0.2, 0.25) is 0 Å². The molecule has 1 aromatic heterocycles. The zero-order valence-electron chi connectivity index (χ0n) is 14.1. The smallest absolute Gasteiger partial charge is 0.251 e. The molecule has 0 saturated carbocycles. The van der Waals surface area contributed by atoms with E-state index in [1.807, 2.05) is 43.5 Å². The first-order valence-electron chi connectivity index (χ1n) is 7.67. The van der Waals surface area contributed by atoms with E-state index in [9.17, 15) is 4.79 Å². The lowest BCUT2D eigenvalue weighted by molar-refractivity contribution is 0.1000. The van der Waals surface area contributed by atoms with Crippen LogP contribution in [0, 0.1) is 20.8 Å². The monoisotopic (exact) mass is 316 g/mol. The fraction of sp³-hybridized carbons (Fsp3) is 0.389. The van der Waals surface area contributed by atoms with Crippen molar-refractivity contribution in [1.29, 1.82) is 0 Å². The third-order valence-electron chi connectivity index (χ3n) is 4.25. The number of carbonyl (C=O) groups excluding carboxylic acids is 1. The van der Waals surface area contributed by atoms with E-state index in [0.29, 0.717) is 18.5 Å². The van der Waals surface area contributed by atoms with Crippen LogP contribution in [0.1, 0.15) is 33.7 Å². The van der Waals surface area contributed by atoms with Crippen LogP contribution in [-0.4, -0.2) is 29.3 Å². The molecule has 0 aliphatic rings. The van der Waals surface area contributed by atoms with E-state index in [1.165, 1.54) is 0 Å². The minimum Gasteiger partial charge on any atom is -0.496 e. The molecule has 1 heterocycles. The van der Waals surface area contributed by atoms with Crippen LogP contribution in [0.4, 0.5) is 0 Å². The SMILES string of the molecule is COc1ccc(-c2c(C(N)=O)c(C)n(CCCO)c2C)cc1C. The van der Waals surface area contributed by atoms with Gasteiger partial charge in [-0.25, -0.2) is 0 Å². The number of hydrogen-bond donors (Lipinski definition) is 2. The van der Waals surface area contributed by atoms with Crippen molar-refractivity contribution in [2.75, 3.05) is 13.7 Å². The van der Waals surface area contributed by atoms with Crippen LogP contribution in [0.15, 0.2) is 18.2 Å². The van der Waals surface area contributed by atoms with Crippen LogP contribution in [0.3, 0.4) is 0 Å². The number of nitrogens with two attached hydrogens (primary N) is 1. The maximum absolute atomic E-state index is 12.0. The van der Waals surface area contributed by atoms with Crippen molar-refractivity contribution in [2.45, 2.75) is 33.7 Å². The van der Waals surface area contributed by atoms with Gasteiger partial charge in [0.15, 0.2) is 0 Å². The molecule has 2 rings (SSSR count). The van der Waals surface area contributed by atoms with Crippen molar-refractivity contribution in [3.8, 4) is 16.9 Å². The van der Waals surface area contributed by atoms with Crippen LogP contribution < -0.4 is 10.5 Å². The third kappa shape index (κ3) is 3.10. The van der Waals surface area contributed by atoms with E-state index < -0.39 is 5.91 Å². The Balaban J connectivity index is 2.65. The highest BCUT2D eigenvalue weighted by Gasteiger charge is 2.22. The maximum Gasteiger partial charge on any atom is 0.251 e. The molecular weight excluding hydrogens is 292 g/mol. The number of rotatable bonds is 6. The van der Waals surface area contributed by atoms with Gasteiger partial charge in [-0.3, -0.25) is 4.79 Å². The van der Waals surface area contributed by atoms with E-state index in [0.717, 1.165) is 33.8 Å². The normalized spacial score (nSPS) is 10.8. The second-order valence-electron chi connectivity index (χ2n) is 5.70. The summed E-state index contributed by atoms with van der Waals surface area (Å²) in [7, 11) is 1.64. The molecular formula is C18H24N2O3. The molecule has 1 amide bonds. The van der Waals surface area contributed by atoms with Crippen LogP contribution in [0.25, 0.3) is 11.1 Å². The lowest BCUT2D eigenvalue weighted by Crippen LogP contribution is -2.13. The third-order valence-corrected chi connectivity index (χ3v) is 4.25. The molecule has 0 spiro atoms. The largest absolute Gasteiger partial charge is 0.496 e. The summed E-state index contributed by atoms with van der Waals surface area (Å²) >= 11 is 0. The number of aliphatic hydroxyl groups excluding tert-OH is 1. The highest BCUT2D eigenvalue weighted by atomic mass is 16.5. The average molecular weight is 316 g/mol. The van der Waals surface area contributed by atoms with E-state index >= 15 is 0 Å². The van der Waals surface area contributed by atoms with Gasteiger partial charge in [0.25, 0.3) is 5.91 Å². The minimum absolute atomic E-state index is 0.111. The molecule has 0 radical (unpaired) electrons. The number of methoxy groups -OCH3 is 1. The number of nitrogens with zero attached hydrogens (tertiary/aromatic N) is 1. The predicted octanol–water partition coefficient (Wildman–Crippen LogP) is 2.57. The summed E-state index contributed by atoms with van der Waals surface area (Å²) in [6.45, 7) is 6.61. The summed E-state index contributed by atoms with van der Waals surface area (Å²) in [5, 5.41) is 9.09. The molecule has 124 valence electrons. The molecule has 5 heteroatoms. The number of aryl methyl sites for hydroxylation is 1. The van der Waals surface area contributed by atoms with Gasteiger partial charge in [0, 0.05) is 30.1 Å². The first kappa shape index (κ1) is 17.1. The Hall–Kier alpha value is -2.27. The Morgan fingerprint density at radius 3 is 2.48 bits per heavy atom. The van der Waals surface area contributed by atoms with Crippen molar-refractivity contribution >= 4 is 5.91 Å². The first-order chi connectivity index (χ1) is 10.9. The second-order valence-corrected chi connectivity index (χ2v) is 5.70. The van der Waals surface area contributed by atoms with Crippen LogP contribution in [0.5, 0.6) is 5.75 Å². The molecule has 0 fully saturated rings. The highest BCUT2D eigenvalue weighted by Crippen LogP contribution is 2.34. The number of ether oxygens (including phenoxy) is 1. The number of carbonyl (C=O) groups is 1. The maximum atomic E-state index is 12.0. The summed E-state index contributed by atoms with van der Waals surface area (Å²) in [5.41, 5.74) is 10.8. The van der Waals surface area contributed by atoms with Crippen LogP contribution in [0.2, 0.25) is 0 Å². The lowest BCUT2D eigenvalue weighted by Gasteiger charge is -2.10. The summed E-state index contributed by atoms with van der Waals surface area (Å²) in [5.74, 6) is 0.375. The Morgan fingerprint density at radius 2 is 1.96 bits per heavy atom. The molecule has 0 bridgehead atoms. The number of primary amides is 1. The van der Waals surface area contributed by atoms with Crippen LogP contribution >= 0.6 is 0 Å². The molecule has 1 aromatic carbocycles. The number of aliphatic hydroxyl groups is 1. The van der Waals surface area contributed by atoms with Gasteiger partial charge in [-0.05, 0) is 50.5 Å². The van der Waals surface area contributed by atoms with Gasteiger partial charge in [-0.2, -0.15) is 0 Å². The number of benzene rings is 1. The van der Waals surface area contributed by atoms with E-state index in [-0.39, 0.29) is 6.61 Å². The van der Waals surface area contributed by atoms with Gasteiger partial charge >= 0.3 is 0 Å². The topological polar surface area (TPSA) is 77.5 Å². The molecule has 3 N–H and O–H groups in total. The van der Waals surface area contributed by atoms with Crippen molar-refractivity contribution in [2.24, 2.45) is 5.73 Å². The number of amides is 1. The van der Waals surface area contributed by atoms with E-state index in [1.54, 1.807) is 7.11 Å². The quantitative estimate of drug-likeness (QED) is 0.860. The lowest BCUT2D eigenvalue weighted by atomic mass is 9.98. The Morgan fingerprint density at radius 1 is 1.26 bits per heavy atom. The van der Waals surface area contributed by atoms with Gasteiger partial charge < -0.3 is 20.1 Å². The average Bonchev–Trinajstić information content (AvgIpc) is 2.76. The summed E-state index contributed by atoms with van der Waals surface area (Å²) in [6, 6.07) is 5.84. The summed E-state index contributed by atoms with van der Waals surface area (Å²) in [6.07, 6.45) is 0.635. The molecule has 0 saturated heterocycles. The van der Waals surface area contributed by atoms with Crippen molar-refractivity contribution in [3.63, 3.8) is 0 Å². The Kier molecular flexibility index (Phi) is 5.11. The highest BCUT2D eigenvalue weighted by molar-refractivity contribution is 6.02. The standard InChI is InChI=1S/C18H24N2O3/c1-11-10-14(6-7-15(11)23-4)16-12(2)20(8-5-9-21)13(3)17(16)18(19)22/h6-7,10,21H,5,8-9H2,1-4H3,(H2,19,22). The van der Waals surface area contributed by atoms with Crippen molar-refractivity contribution < 1.29 is 14.6 Å². The molecule has 5 nitrogen and oxygen atoms in total. The summed E-state index contributed by atoms with van der Waals surface area (Å²) < 4.78 is 7.35. The molecule has 0 atom stereocenters. The zero-order valence-corrected chi connectivity index (χ0v) is 14.1. The van der Waals surface area contributed by atoms with Gasteiger partial charge in [0.1, 0.15) is 5.75 Å². The first-order valence-corrected chi connectivity index (χ1v) is 7.67. The molecule has 0 aliphatic carbocycles. The predicted molar refractivity (Wildman–Crippen MR) is 90.9 cm³/mol.